The molecule has 0 heterocycles. The zero-order valence-electron chi connectivity index (χ0n) is 14.2. The van der Waals surface area contributed by atoms with Crippen molar-refractivity contribution in [2.75, 3.05) is 11.9 Å². The summed E-state index contributed by atoms with van der Waals surface area (Å²) in [5.74, 6) is -3.85. The summed E-state index contributed by atoms with van der Waals surface area (Å²) in [7, 11) is -4.85. The minimum atomic E-state index is -4.85. The summed E-state index contributed by atoms with van der Waals surface area (Å²) in [4.78, 5) is 11.5. The monoisotopic (exact) mass is 469 g/mol. The number of hydrogen-bond donors (Lipinski definition) is 1. The molecule has 0 bridgehead atoms. The molecule has 0 aliphatic carbocycles. The molecule has 3 rings (SSSR count). The highest BCUT2D eigenvalue weighted by atomic mass is 79.9. The SMILES string of the molecule is O=C(COc1ccc2ccccc2c1Br)Nc1ccccc1S(=O)(=O)C(F)F. The molecule has 0 saturated heterocycles. The Morgan fingerprint density at radius 2 is 1.71 bits per heavy atom. The fourth-order valence-electron chi connectivity index (χ4n) is 2.57. The lowest BCUT2D eigenvalue weighted by molar-refractivity contribution is -0.118. The lowest BCUT2D eigenvalue weighted by atomic mass is 10.1. The lowest BCUT2D eigenvalue weighted by Crippen LogP contribution is -2.22. The first-order chi connectivity index (χ1) is 13.3. The summed E-state index contributed by atoms with van der Waals surface area (Å²) in [6, 6.07) is 16.1. The molecule has 0 aliphatic rings. The van der Waals surface area contributed by atoms with Gasteiger partial charge in [0, 0.05) is 0 Å². The van der Waals surface area contributed by atoms with E-state index in [1.165, 1.54) is 18.2 Å². The summed E-state index contributed by atoms with van der Waals surface area (Å²) < 4.78 is 55.3. The van der Waals surface area contributed by atoms with Crippen molar-refractivity contribution < 1.29 is 26.7 Å². The van der Waals surface area contributed by atoms with Gasteiger partial charge in [-0.3, -0.25) is 4.79 Å². The van der Waals surface area contributed by atoms with Crippen molar-refractivity contribution in [1.82, 2.24) is 0 Å². The van der Waals surface area contributed by atoms with E-state index in [4.69, 9.17) is 4.74 Å². The van der Waals surface area contributed by atoms with Crippen molar-refractivity contribution in [3.05, 3.63) is 65.1 Å². The van der Waals surface area contributed by atoms with Crippen LogP contribution in [0.1, 0.15) is 0 Å². The Morgan fingerprint density at radius 3 is 2.46 bits per heavy atom. The van der Waals surface area contributed by atoms with Gasteiger partial charge in [-0.05, 0) is 44.9 Å². The van der Waals surface area contributed by atoms with Crippen molar-refractivity contribution in [1.29, 1.82) is 0 Å². The molecule has 0 fully saturated rings. The highest BCUT2D eigenvalue weighted by molar-refractivity contribution is 9.10. The zero-order chi connectivity index (χ0) is 20.3. The molecular weight excluding hydrogens is 456 g/mol. The Morgan fingerprint density at radius 1 is 1.04 bits per heavy atom. The van der Waals surface area contributed by atoms with Gasteiger partial charge in [-0.15, -0.1) is 0 Å². The smallest absolute Gasteiger partial charge is 0.341 e. The van der Waals surface area contributed by atoms with E-state index >= 15 is 0 Å². The van der Waals surface area contributed by atoms with Gasteiger partial charge < -0.3 is 10.1 Å². The van der Waals surface area contributed by atoms with Crippen molar-refractivity contribution in [2.45, 2.75) is 10.7 Å². The second-order valence-corrected chi connectivity index (χ2v) is 8.42. The molecule has 1 amide bonds. The van der Waals surface area contributed by atoms with E-state index in [1.54, 1.807) is 6.07 Å². The van der Waals surface area contributed by atoms with Crippen LogP contribution in [0.3, 0.4) is 0 Å². The van der Waals surface area contributed by atoms with E-state index in [0.717, 1.165) is 16.8 Å². The number of sulfone groups is 1. The third-order valence-corrected chi connectivity index (χ3v) is 6.14. The number of anilines is 1. The van der Waals surface area contributed by atoms with Crippen LogP contribution in [0.4, 0.5) is 14.5 Å². The van der Waals surface area contributed by atoms with Crippen LogP contribution in [0.2, 0.25) is 0 Å². The number of amides is 1. The van der Waals surface area contributed by atoms with Crippen LogP contribution in [0.25, 0.3) is 10.8 Å². The summed E-state index contributed by atoms with van der Waals surface area (Å²) in [5.41, 5.74) is -0.228. The van der Waals surface area contributed by atoms with Crippen LogP contribution in [0.5, 0.6) is 5.75 Å². The van der Waals surface area contributed by atoms with Crippen molar-refractivity contribution in [3.8, 4) is 5.75 Å². The number of ether oxygens (including phenoxy) is 1. The molecule has 3 aromatic rings. The van der Waals surface area contributed by atoms with Gasteiger partial charge in [0.15, 0.2) is 6.61 Å². The van der Waals surface area contributed by atoms with Crippen LogP contribution >= 0.6 is 15.9 Å². The first-order valence-corrected chi connectivity index (χ1v) is 10.4. The van der Waals surface area contributed by atoms with Gasteiger partial charge in [0.05, 0.1) is 15.1 Å². The maximum atomic E-state index is 12.8. The molecule has 1 N–H and O–H groups in total. The third-order valence-electron chi connectivity index (χ3n) is 3.89. The van der Waals surface area contributed by atoms with Crippen molar-refractivity contribution >= 4 is 48.1 Å². The van der Waals surface area contributed by atoms with Crippen LogP contribution in [0, 0.1) is 0 Å². The summed E-state index contributed by atoms with van der Waals surface area (Å²) in [6.07, 6.45) is 0. The fraction of sp³-hybridized carbons (Fsp3) is 0.105. The second-order valence-electron chi connectivity index (χ2n) is 5.74. The molecule has 0 saturated carbocycles. The zero-order valence-corrected chi connectivity index (χ0v) is 16.6. The number of halogens is 3. The molecule has 0 aliphatic heterocycles. The number of carbonyl (C=O) groups excluding carboxylic acids is 1. The Kier molecular flexibility index (Phi) is 5.95. The molecule has 3 aromatic carbocycles. The molecule has 28 heavy (non-hydrogen) atoms. The number of fused-ring (bicyclic) bond motifs is 1. The highest BCUT2D eigenvalue weighted by Crippen LogP contribution is 2.33. The predicted molar refractivity (Wildman–Crippen MR) is 105 cm³/mol. The molecule has 0 atom stereocenters. The average molecular weight is 470 g/mol. The minimum Gasteiger partial charge on any atom is -0.483 e. The first kappa shape index (κ1) is 20.2. The molecule has 0 radical (unpaired) electrons. The van der Waals surface area contributed by atoms with E-state index in [2.05, 4.69) is 21.2 Å². The van der Waals surface area contributed by atoms with Crippen LogP contribution in [-0.4, -0.2) is 26.7 Å². The largest absolute Gasteiger partial charge is 0.483 e. The van der Waals surface area contributed by atoms with Gasteiger partial charge in [0.1, 0.15) is 5.75 Å². The summed E-state index contributed by atoms with van der Waals surface area (Å²) in [6.45, 7) is -0.431. The second kappa shape index (κ2) is 8.24. The van der Waals surface area contributed by atoms with Gasteiger partial charge in [-0.2, -0.15) is 8.78 Å². The van der Waals surface area contributed by atoms with E-state index in [9.17, 15) is 22.0 Å². The van der Waals surface area contributed by atoms with Crippen LogP contribution in [0.15, 0.2) is 70.0 Å². The molecule has 0 unspecified atom stereocenters. The van der Waals surface area contributed by atoms with Crippen LogP contribution in [-0.2, 0) is 14.6 Å². The quantitative estimate of drug-likeness (QED) is 0.571. The minimum absolute atomic E-state index is 0.228. The molecule has 0 aromatic heterocycles. The van der Waals surface area contributed by atoms with Gasteiger partial charge in [-0.25, -0.2) is 8.42 Å². The van der Waals surface area contributed by atoms with E-state index in [0.29, 0.717) is 10.2 Å². The topological polar surface area (TPSA) is 72.5 Å². The van der Waals surface area contributed by atoms with Gasteiger partial charge >= 0.3 is 5.76 Å². The predicted octanol–water partition coefficient (Wildman–Crippen LogP) is 4.62. The Hall–Kier alpha value is -2.52. The molecule has 0 spiro atoms. The Balaban J connectivity index is 1.75. The van der Waals surface area contributed by atoms with E-state index in [-0.39, 0.29) is 5.69 Å². The molecule has 146 valence electrons. The number of para-hydroxylation sites is 1. The lowest BCUT2D eigenvalue weighted by Gasteiger charge is -2.13. The van der Waals surface area contributed by atoms with Gasteiger partial charge in [0.25, 0.3) is 5.91 Å². The number of alkyl halides is 2. The standard InChI is InChI=1S/C19H14BrF2NO4S/c20-18-13-6-2-1-5-12(13)9-10-15(18)27-11-17(24)23-14-7-3-4-8-16(14)28(25,26)19(21)22/h1-10,19H,11H2,(H,23,24). The molecular formula is C19H14BrF2NO4S. The van der Waals surface area contributed by atoms with Crippen molar-refractivity contribution in [2.24, 2.45) is 0 Å². The number of carbonyl (C=O) groups is 1. The summed E-state index contributed by atoms with van der Waals surface area (Å²) in [5, 5.41) is 4.19. The molecule has 5 nitrogen and oxygen atoms in total. The first-order valence-electron chi connectivity index (χ1n) is 8.01. The summed E-state index contributed by atoms with van der Waals surface area (Å²) >= 11 is 3.43. The average Bonchev–Trinajstić information content (AvgIpc) is 2.68. The number of hydrogen-bond acceptors (Lipinski definition) is 4. The van der Waals surface area contributed by atoms with E-state index in [1.807, 2.05) is 30.3 Å². The van der Waals surface area contributed by atoms with Gasteiger partial charge in [-0.1, -0.05) is 42.5 Å². The Bertz CT molecular complexity index is 1140. The Labute approximate surface area is 168 Å². The number of rotatable bonds is 6. The highest BCUT2D eigenvalue weighted by Gasteiger charge is 2.29. The third kappa shape index (κ3) is 4.15. The normalized spacial score (nSPS) is 11.6. The fourth-order valence-corrected chi connectivity index (χ4v) is 4.06. The van der Waals surface area contributed by atoms with Gasteiger partial charge in [0.2, 0.25) is 9.84 Å². The van der Waals surface area contributed by atoms with E-state index < -0.39 is 33.0 Å². The van der Waals surface area contributed by atoms with Crippen LogP contribution < -0.4 is 10.1 Å². The molecule has 9 heteroatoms. The maximum Gasteiger partial charge on any atom is 0.341 e. The number of nitrogens with one attached hydrogen (secondary N) is 1. The van der Waals surface area contributed by atoms with Crippen molar-refractivity contribution in [3.63, 3.8) is 0 Å². The maximum absolute atomic E-state index is 12.8. The number of benzene rings is 3.